The summed E-state index contributed by atoms with van der Waals surface area (Å²) in [5, 5.41) is 0. The number of carbonyl (C=O) groups excluding carboxylic acids is 1. The van der Waals surface area contributed by atoms with Gasteiger partial charge in [-0.05, 0) is 12.1 Å². The molecule has 0 heterocycles. The normalized spacial score (nSPS) is 9.33. The topological polar surface area (TPSA) is 52.3 Å². The van der Waals surface area contributed by atoms with E-state index in [0.29, 0.717) is 6.61 Å². The molecule has 0 atom stereocenters. The van der Waals surface area contributed by atoms with Crippen molar-refractivity contribution >= 4 is 5.91 Å². The predicted molar refractivity (Wildman–Crippen MR) is 45.7 cm³/mol. The van der Waals surface area contributed by atoms with E-state index in [-0.39, 0.29) is 12.3 Å². The van der Waals surface area contributed by atoms with Crippen molar-refractivity contribution in [1.29, 1.82) is 0 Å². The van der Waals surface area contributed by atoms with Crippen LogP contribution < -0.4 is 10.5 Å². The summed E-state index contributed by atoms with van der Waals surface area (Å²) in [7, 11) is 0. The molecular weight excluding hydrogens is 154 g/mol. The molecule has 0 saturated heterocycles. The van der Waals surface area contributed by atoms with Crippen molar-refractivity contribution in [1.82, 2.24) is 0 Å². The number of hydrogen-bond donors (Lipinski definition) is 1. The number of para-hydroxylation sites is 1. The Balaban J connectivity index is 2.29. The van der Waals surface area contributed by atoms with Crippen LogP contribution in [0.15, 0.2) is 30.3 Å². The van der Waals surface area contributed by atoms with E-state index in [1.54, 1.807) is 0 Å². The summed E-state index contributed by atoms with van der Waals surface area (Å²) in [6.07, 6.45) is 0.259. The van der Waals surface area contributed by atoms with Crippen molar-refractivity contribution in [3.05, 3.63) is 30.3 Å². The molecule has 0 aromatic heterocycles. The van der Waals surface area contributed by atoms with E-state index < -0.39 is 0 Å². The Morgan fingerprint density at radius 1 is 1.33 bits per heavy atom. The number of rotatable bonds is 4. The van der Waals surface area contributed by atoms with E-state index in [1.165, 1.54) is 0 Å². The van der Waals surface area contributed by atoms with Crippen LogP contribution in [0.3, 0.4) is 0 Å². The Morgan fingerprint density at radius 3 is 2.58 bits per heavy atom. The highest BCUT2D eigenvalue weighted by atomic mass is 16.5. The average molecular weight is 165 g/mol. The molecule has 3 heteroatoms. The highest BCUT2D eigenvalue weighted by Crippen LogP contribution is 2.07. The fourth-order valence-electron chi connectivity index (χ4n) is 0.786. The van der Waals surface area contributed by atoms with E-state index in [1.807, 2.05) is 30.3 Å². The summed E-state index contributed by atoms with van der Waals surface area (Å²) >= 11 is 0. The average Bonchev–Trinajstić information content (AvgIpc) is 2.05. The summed E-state index contributed by atoms with van der Waals surface area (Å²) < 4.78 is 5.22. The minimum atomic E-state index is -0.342. The molecular formula is C9H11NO2. The maximum atomic E-state index is 10.3. The van der Waals surface area contributed by atoms with Crippen molar-refractivity contribution in [2.24, 2.45) is 5.73 Å². The summed E-state index contributed by atoms with van der Waals surface area (Å²) in [5.41, 5.74) is 4.94. The molecule has 2 N–H and O–H groups in total. The van der Waals surface area contributed by atoms with E-state index >= 15 is 0 Å². The number of hydrogen-bond acceptors (Lipinski definition) is 2. The van der Waals surface area contributed by atoms with Gasteiger partial charge < -0.3 is 10.5 Å². The molecule has 1 aromatic carbocycles. The quantitative estimate of drug-likeness (QED) is 0.721. The van der Waals surface area contributed by atoms with Crippen molar-refractivity contribution in [2.75, 3.05) is 6.61 Å². The van der Waals surface area contributed by atoms with Gasteiger partial charge in [-0.25, -0.2) is 0 Å². The highest BCUT2D eigenvalue weighted by Gasteiger charge is 1.94. The van der Waals surface area contributed by atoms with Crippen LogP contribution in [0, 0.1) is 0 Å². The first kappa shape index (κ1) is 8.59. The molecule has 0 radical (unpaired) electrons. The number of benzene rings is 1. The number of primary amides is 1. The maximum absolute atomic E-state index is 10.3. The van der Waals surface area contributed by atoms with Gasteiger partial charge >= 0.3 is 0 Å². The van der Waals surface area contributed by atoms with E-state index in [4.69, 9.17) is 10.5 Å². The fourth-order valence-corrected chi connectivity index (χ4v) is 0.786. The smallest absolute Gasteiger partial charge is 0.220 e. The lowest BCUT2D eigenvalue weighted by Gasteiger charge is -2.02. The lowest BCUT2D eigenvalue weighted by Crippen LogP contribution is -2.14. The van der Waals surface area contributed by atoms with Gasteiger partial charge in [-0.1, -0.05) is 18.2 Å². The van der Waals surface area contributed by atoms with E-state index in [0.717, 1.165) is 5.75 Å². The molecule has 1 rings (SSSR count). The van der Waals surface area contributed by atoms with Crippen LogP contribution in [0.2, 0.25) is 0 Å². The standard InChI is InChI=1S/C9H11NO2/c10-9(11)6-7-12-8-4-2-1-3-5-8/h1-5H,6-7H2,(H2,10,11). The summed E-state index contributed by atoms with van der Waals surface area (Å²) in [4.78, 5) is 10.3. The number of carbonyl (C=O) groups is 1. The van der Waals surface area contributed by atoms with Crippen molar-refractivity contribution in [3.8, 4) is 5.75 Å². The van der Waals surface area contributed by atoms with Crippen molar-refractivity contribution < 1.29 is 9.53 Å². The van der Waals surface area contributed by atoms with Gasteiger partial charge in [-0.15, -0.1) is 0 Å². The third-order valence-corrected chi connectivity index (χ3v) is 1.36. The first-order valence-electron chi connectivity index (χ1n) is 3.75. The minimum Gasteiger partial charge on any atom is -0.493 e. The van der Waals surface area contributed by atoms with Gasteiger partial charge in [0, 0.05) is 0 Å². The third-order valence-electron chi connectivity index (χ3n) is 1.36. The Kier molecular flexibility index (Phi) is 3.14. The summed E-state index contributed by atoms with van der Waals surface area (Å²) in [6, 6.07) is 9.32. The van der Waals surface area contributed by atoms with Crippen molar-refractivity contribution in [3.63, 3.8) is 0 Å². The first-order chi connectivity index (χ1) is 5.79. The van der Waals surface area contributed by atoms with Gasteiger partial charge in [0.15, 0.2) is 0 Å². The number of nitrogens with two attached hydrogens (primary N) is 1. The highest BCUT2D eigenvalue weighted by molar-refractivity contribution is 5.73. The minimum absolute atomic E-state index is 0.259. The monoisotopic (exact) mass is 165 g/mol. The second kappa shape index (κ2) is 4.38. The summed E-state index contributed by atoms with van der Waals surface area (Å²) in [5.74, 6) is 0.421. The van der Waals surface area contributed by atoms with Gasteiger partial charge in [0.25, 0.3) is 0 Å². The molecule has 0 fully saturated rings. The van der Waals surface area contributed by atoms with Crippen LogP contribution in [0.5, 0.6) is 5.75 Å². The predicted octanol–water partition coefficient (Wildman–Crippen LogP) is 0.941. The van der Waals surface area contributed by atoms with Crippen LogP contribution >= 0.6 is 0 Å². The Labute approximate surface area is 71.1 Å². The Bertz CT molecular complexity index is 246. The zero-order chi connectivity index (χ0) is 8.81. The van der Waals surface area contributed by atoms with Gasteiger partial charge in [0.2, 0.25) is 5.91 Å². The maximum Gasteiger partial charge on any atom is 0.220 e. The molecule has 0 aliphatic rings. The summed E-state index contributed by atoms with van der Waals surface area (Å²) in [6.45, 7) is 0.347. The molecule has 0 saturated carbocycles. The molecule has 1 amide bonds. The zero-order valence-corrected chi connectivity index (χ0v) is 6.69. The lowest BCUT2D eigenvalue weighted by atomic mass is 10.3. The first-order valence-corrected chi connectivity index (χ1v) is 3.75. The van der Waals surface area contributed by atoms with Gasteiger partial charge in [-0.3, -0.25) is 4.79 Å². The van der Waals surface area contributed by atoms with E-state index in [9.17, 15) is 4.79 Å². The molecule has 1 aromatic rings. The van der Waals surface area contributed by atoms with E-state index in [2.05, 4.69) is 0 Å². The second-order valence-electron chi connectivity index (χ2n) is 2.38. The van der Waals surface area contributed by atoms with Gasteiger partial charge in [-0.2, -0.15) is 0 Å². The SMILES string of the molecule is NC(=O)CCOc1ccccc1. The molecule has 0 spiro atoms. The fraction of sp³-hybridized carbons (Fsp3) is 0.222. The molecule has 0 unspecified atom stereocenters. The number of amides is 1. The molecule has 0 bridgehead atoms. The largest absolute Gasteiger partial charge is 0.493 e. The Morgan fingerprint density at radius 2 is 2.00 bits per heavy atom. The second-order valence-corrected chi connectivity index (χ2v) is 2.38. The Hall–Kier alpha value is -1.51. The van der Waals surface area contributed by atoms with Crippen LogP contribution in [0.1, 0.15) is 6.42 Å². The molecule has 12 heavy (non-hydrogen) atoms. The molecule has 3 nitrogen and oxygen atoms in total. The molecule has 64 valence electrons. The van der Waals surface area contributed by atoms with Crippen molar-refractivity contribution in [2.45, 2.75) is 6.42 Å². The third kappa shape index (κ3) is 3.05. The number of ether oxygens (including phenoxy) is 1. The molecule has 0 aliphatic heterocycles. The lowest BCUT2D eigenvalue weighted by molar-refractivity contribution is -0.118. The van der Waals surface area contributed by atoms with Crippen LogP contribution in [0.25, 0.3) is 0 Å². The van der Waals surface area contributed by atoms with Crippen LogP contribution in [-0.2, 0) is 4.79 Å². The van der Waals surface area contributed by atoms with Gasteiger partial charge in [0.05, 0.1) is 13.0 Å². The van der Waals surface area contributed by atoms with Gasteiger partial charge in [0.1, 0.15) is 5.75 Å². The zero-order valence-electron chi connectivity index (χ0n) is 6.69. The molecule has 0 aliphatic carbocycles. The van der Waals surface area contributed by atoms with Crippen LogP contribution in [0.4, 0.5) is 0 Å². The van der Waals surface area contributed by atoms with Crippen LogP contribution in [-0.4, -0.2) is 12.5 Å².